The van der Waals surface area contributed by atoms with Crippen LogP contribution in [0.1, 0.15) is 0 Å². The van der Waals surface area contributed by atoms with Gasteiger partial charge in [0.15, 0.2) is 0 Å². The van der Waals surface area contributed by atoms with Gasteiger partial charge in [0.2, 0.25) is 0 Å². The van der Waals surface area contributed by atoms with E-state index in [2.05, 4.69) is 0 Å². The molecular formula is C16H13NO2. The standard InChI is InChI=1S/C16H13NO2/c1-17-14-8-4-2-6-11(14)10-13(16(17)19)12-7-3-5-9-15(12)18/h2-10,18H,1H3. The van der Waals surface area contributed by atoms with E-state index in [1.54, 1.807) is 29.8 Å². The maximum atomic E-state index is 12.4. The molecule has 0 aliphatic rings. The van der Waals surface area contributed by atoms with Crippen LogP contribution in [0.2, 0.25) is 0 Å². The molecule has 0 unspecified atom stereocenters. The summed E-state index contributed by atoms with van der Waals surface area (Å²) in [4.78, 5) is 12.4. The van der Waals surface area contributed by atoms with Crippen molar-refractivity contribution in [3.63, 3.8) is 0 Å². The second-order valence-electron chi connectivity index (χ2n) is 4.50. The largest absolute Gasteiger partial charge is 0.507 e. The van der Waals surface area contributed by atoms with Gasteiger partial charge < -0.3 is 9.67 Å². The number of nitrogens with zero attached hydrogens (tertiary/aromatic N) is 1. The molecule has 0 bridgehead atoms. The first-order valence-electron chi connectivity index (χ1n) is 6.05. The number of rotatable bonds is 1. The lowest BCUT2D eigenvalue weighted by Crippen LogP contribution is -2.18. The molecule has 1 N–H and O–H groups in total. The minimum atomic E-state index is -0.111. The maximum Gasteiger partial charge on any atom is 0.258 e. The van der Waals surface area contributed by atoms with E-state index in [1.807, 2.05) is 36.4 Å². The van der Waals surface area contributed by atoms with Gasteiger partial charge in [-0.1, -0.05) is 36.4 Å². The zero-order valence-corrected chi connectivity index (χ0v) is 10.5. The van der Waals surface area contributed by atoms with Gasteiger partial charge in [-0.3, -0.25) is 4.79 Å². The van der Waals surface area contributed by atoms with Gasteiger partial charge in [-0.05, 0) is 23.6 Å². The second kappa shape index (κ2) is 4.28. The number of aryl methyl sites for hydroxylation is 1. The Morgan fingerprint density at radius 2 is 1.63 bits per heavy atom. The number of benzene rings is 2. The highest BCUT2D eigenvalue weighted by Gasteiger charge is 2.11. The number of pyridine rings is 1. The molecule has 0 saturated carbocycles. The Hall–Kier alpha value is -2.55. The normalized spacial score (nSPS) is 10.8. The number of hydrogen-bond donors (Lipinski definition) is 1. The number of hydrogen-bond acceptors (Lipinski definition) is 2. The third-order valence-corrected chi connectivity index (χ3v) is 3.33. The van der Waals surface area contributed by atoms with Crippen LogP contribution >= 0.6 is 0 Å². The van der Waals surface area contributed by atoms with Crippen molar-refractivity contribution in [2.45, 2.75) is 0 Å². The van der Waals surface area contributed by atoms with E-state index in [-0.39, 0.29) is 11.3 Å². The molecule has 0 amide bonds. The van der Waals surface area contributed by atoms with Crippen molar-refractivity contribution >= 4 is 10.9 Å². The topological polar surface area (TPSA) is 42.2 Å². The average molecular weight is 251 g/mol. The van der Waals surface area contributed by atoms with E-state index in [0.717, 1.165) is 10.9 Å². The monoisotopic (exact) mass is 251 g/mol. The van der Waals surface area contributed by atoms with E-state index < -0.39 is 0 Å². The lowest BCUT2D eigenvalue weighted by Gasteiger charge is -2.09. The fourth-order valence-corrected chi connectivity index (χ4v) is 2.32. The summed E-state index contributed by atoms with van der Waals surface area (Å²) in [5, 5.41) is 10.9. The second-order valence-corrected chi connectivity index (χ2v) is 4.50. The smallest absolute Gasteiger partial charge is 0.258 e. The van der Waals surface area contributed by atoms with Crippen LogP contribution in [0.5, 0.6) is 5.75 Å². The number of phenolic OH excluding ortho intramolecular Hbond substituents is 1. The molecule has 1 aromatic heterocycles. The highest BCUT2D eigenvalue weighted by atomic mass is 16.3. The molecular weight excluding hydrogens is 238 g/mol. The first-order valence-corrected chi connectivity index (χ1v) is 6.05. The zero-order chi connectivity index (χ0) is 13.4. The molecule has 94 valence electrons. The van der Waals surface area contributed by atoms with Gasteiger partial charge >= 0.3 is 0 Å². The molecule has 3 aromatic rings. The van der Waals surface area contributed by atoms with E-state index in [0.29, 0.717) is 11.1 Å². The summed E-state index contributed by atoms with van der Waals surface area (Å²) < 4.78 is 1.61. The van der Waals surface area contributed by atoms with Gasteiger partial charge in [-0.25, -0.2) is 0 Å². The van der Waals surface area contributed by atoms with Crippen LogP contribution in [-0.2, 0) is 7.05 Å². The van der Waals surface area contributed by atoms with Gasteiger partial charge in [0, 0.05) is 12.6 Å². The van der Waals surface area contributed by atoms with Crippen molar-refractivity contribution in [3.8, 4) is 16.9 Å². The predicted molar refractivity (Wildman–Crippen MR) is 76.3 cm³/mol. The quantitative estimate of drug-likeness (QED) is 0.722. The number of aromatic hydroxyl groups is 1. The summed E-state index contributed by atoms with van der Waals surface area (Å²) in [7, 11) is 1.74. The molecule has 2 aromatic carbocycles. The molecule has 1 heterocycles. The molecule has 3 rings (SSSR count). The van der Waals surface area contributed by atoms with Crippen LogP contribution in [0.3, 0.4) is 0 Å². The van der Waals surface area contributed by atoms with E-state index in [4.69, 9.17) is 0 Å². The molecule has 0 aliphatic carbocycles. The Balaban J connectivity index is 2.40. The van der Waals surface area contributed by atoms with E-state index in [9.17, 15) is 9.90 Å². The van der Waals surface area contributed by atoms with Crippen LogP contribution in [0.4, 0.5) is 0 Å². The van der Waals surface area contributed by atoms with Crippen LogP contribution in [0, 0.1) is 0 Å². The van der Waals surface area contributed by atoms with Gasteiger partial charge in [0.25, 0.3) is 5.56 Å². The maximum absolute atomic E-state index is 12.4. The third kappa shape index (κ3) is 1.80. The highest BCUT2D eigenvalue weighted by Crippen LogP contribution is 2.27. The Labute approximate surface area is 110 Å². The fourth-order valence-electron chi connectivity index (χ4n) is 2.32. The Bertz CT molecular complexity index is 818. The molecule has 3 nitrogen and oxygen atoms in total. The number of fused-ring (bicyclic) bond motifs is 1. The van der Waals surface area contributed by atoms with Crippen molar-refractivity contribution in [2.24, 2.45) is 7.05 Å². The van der Waals surface area contributed by atoms with E-state index in [1.165, 1.54) is 0 Å². The van der Waals surface area contributed by atoms with Crippen LogP contribution < -0.4 is 5.56 Å². The highest BCUT2D eigenvalue weighted by molar-refractivity contribution is 5.85. The molecule has 3 heteroatoms. The first-order chi connectivity index (χ1) is 9.18. The summed E-state index contributed by atoms with van der Waals surface area (Å²) in [6.45, 7) is 0. The molecule has 0 spiro atoms. The number of phenols is 1. The van der Waals surface area contributed by atoms with Gasteiger partial charge in [-0.15, -0.1) is 0 Å². The molecule has 0 fully saturated rings. The molecule has 0 atom stereocenters. The molecule has 0 radical (unpaired) electrons. The van der Waals surface area contributed by atoms with Crippen molar-refractivity contribution in [3.05, 3.63) is 65.0 Å². The average Bonchev–Trinajstić information content (AvgIpc) is 2.44. The summed E-state index contributed by atoms with van der Waals surface area (Å²) in [5.41, 5.74) is 1.85. The van der Waals surface area contributed by atoms with E-state index >= 15 is 0 Å². The Morgan fingerprint density at radius 3 is 2.42 bits per heavy atom. The third-order valence-electron chi connectivity index (χ3n) is 3.33. The van der Waals surface area contributed by atoms with Gasteiger partial charge in [-0.2, -0.15) is 0 Å². The summed E-state index contributed by atoms with van der Waals surface area (Å²) in [5.74, 6) is 0.120. The molecule has 0 saturated heterocycles. The summed E-state index contributed by atoms with van der Waals surface area (Å²) >= 11 is 0. The Kier molecular flexibility index (Phi) is 2.60. The minimum absolute atomic E-state index is 0.111. The lowest BCUT2D eigenvalue weighted by molar-refractivity contribution is 0.477. The van der Waals surface area contributed by atoms with Gasteiger partial charge in [0.1, 0.15) is 5.75 Å². The zero-order valence-electron chi connectivity index (χ0n) is 10.5. The summed E-state index contributed by atoms with van der Waals surface area (Å²) in [6, 6.07) is 16.4. The number of aromatic nitrogens is 1. The first kappa shape index (κ1) is 11.5. The Morgan fingerprint density at radius 1 is 0.947 bits per heavy atom. The van der Waals surface area contributed by atoms with Crippen LogP contribution in [-0.4, -0.2) is 9.67 Å². The molecule has 0 aliphatic heterocycles. The van der Waals surface area contributed by atoms with Crippen molar-refractivity contribution in [2.75, 3.05) is 0 Å². The van der Waals surface area contributed by atoms with Gasteiger partial charge in [0.05, 0.1) is 11.1 Å². The van der Waals surface area contributed by atoms with Crippen LogP contribution in [0.15, 0.2) is 59.4 Å². The summed E-state index contributed by atoms with van der Waals surface area (Å²) in [6.07, 6.45) is 0. The SMILES string of the molecule is Cn1c(=O)c(-c2ccccc2O)cc2ccccc21. The number of para-hydroxylation sites is 2. The lowest BCUT2D eigenvalue weighted by atomic mass is 10.0. The minimum Gasteiger partial charge on any atom is -0.507 e. The van der Waals surface area contributed by atoms with Crippen molar-refractivity contribution < 1.29 is 5.11 Å². The van der Waals surface area contributed by atoms with Crippen molar-refractivity contribution in [1.29, 1.82) is 0 Å². The predicted octanol–water partition coefficient (Wildman–Crippen LogP) is 2.91. The van der Waals surface area contributed by atoms with Crippen LogP contribution in [0.25, 0.3) is 22.0 Å². The van der Waals surface area contributed by atoms with Crippen molar-refractivity contribution in [1.82, 2.24) is 4.57 Å². The fraction of sp³-hybridized carbons (Fsp3) is 0.0625. The molecule has 19 heavy (non-hydrogen) atoms.